The molecule has 3 rings (SSSR count). The third-order valence-corrected chi connectivity index (χ3v) is 7.09. The summed E-state index contributed by atoms with van der Waals surface area (Å²) in [4.78, 5) is 36.8. The third-order valence-electron chi connectivity index (χ3n) is 6.00. The highest BCUT2D eigenvalue weighted by molar-refractivity contribution is 7.17. The molecule has 198 valence electrons. The molecule has 2 atom stereocenters. The largest absolute Gasteiger partial charge is 0.408 e. The number of rotatable bonds is 8. The molecule has 0 aromatic carbocycles. The van der Waals surface area contributed by atoms with Gasteiger partial charge in [-0.3, -0.25) is 9.59 Å². The molecule has 0 radical (unpaired) electrons. The van der Waals surface area contributed by atoms with E-state index < -0.39 is 23.7 Å². The number of alkyl halides is 3. The third kappa shape index (κ3) is 6.52. The zero-order valence-electron chi connectivity index (χ0n) is 21.0. The number of aromatic nitrogens is 2. The van der Waals surface area contributed by atoms with Gasteiger partial charge in [-0.2, -0.15) is 13.2 Å². The van der Waals surface area contributed by atoms with Gasteiger partial charge in [0, 0.05) is 30.9 Å². The Morgan fingerprint density at radius 1 is 1.33 bits per heavy atom. The minimum Gasteiger partial charge on any atom is -0.389 e. The number of carbonyl (C=O) groups is 2. The molecule has 0 unspecified atom stereocenters. The standard InChI is InChI=1S/C24H32F3N5O3S/c1-6-16(24(25,26)27)30-17-10-13(2)15(11-28-17)19-18(22(34)32-9-7-8-14(32)3)31-21(36-19)20(33)29-12-23(4,5)35/h10-11,14,16,35H,6-9,12H2,1-5H3,(H,28,30)(H,29,33)/t14-,16-/m0/s1. The Labute approximate surface area is 212 Å². The molecule has 3 heterocycles. The summed E-state index contributed by atoms with van der Waals surface area (Å²) in [6.45, 7) is 8.77. The molecule has 8 nitrogen and oxygen atoms in total. The molecular formula is C24H32F3N5O3S. The van der Waals surface area contributed by atoms with Gasteiger partial charge in [-0.15, -0.1) is 11.3 Å². The molecule has 1 aliphatic heterocycles. The number of amides is 2. The minimum absolute atomic E-state index is 0.00800. The lowest BCUT2D eigenvalue weighted by Crippen LogP contribution is -2.38. The maximum absolute atomic E-state index is 13.4. The summed E-state index contributed by atoms with van der Waals surface area (Å²) in [5.41, 5.74) is 0.0691. The highest BCUT2D eigenvalue weighted by Crippen LogP contribution is 2.35. The first-order valence-electron chi connectivity index (χ1n) is 11.8. The lowest BCUT2D eigenvalue weighted by Gasteiger charge is -2.22. The first kappa shape index (κ1) is 27.9. The molecule has 36 heavy (non-hydrogen) atoms. The molecule has 2 aromatic rings. The number of pyridine rings is 1. The van der Waals surface area contributed by atoms with E-state index in [1.54, 1.807) is 25.7 Å². The Morgan fingerprint density at radius 3 is 2.56 bits per heavy atom. The number of nitrogens with zero attached hydrogens (tertiary/aromatic N) is 3. The summed E-state index contributed by atoms with van der Waals surface area (Å²) in [5.74, 6) is -0.775. The number of thiazole rings is 1. The Morgan fingerprint density at radius 2 is 2.03 bits per heavy atom. The molecule has 12 heteroatoms. The molecule has 3 N–H and O–H groups in total. The summed E-state index contributed by atoms with van der Waals surface area (Å²) in [7, 11) is 0. The predicted molar refractivity (Wildman–Crippen MR) is 132 cm³/mol. The monoisotopic (exact) mass is 527 g/mol. The van der Waals surface area contributed by atoms with E-state index in [-0.39, 0.29) is 41.4 Å². The molecule has 0 spiro atoms. The number of anilines is 1. The Kier molecular flexibility index (Phi) is 8.29. The average Bonchev–Trinajstić information content (AvgIpc) is 3.41. The topological polar surface area (TPSA) is 107 Å². The van der Waals surface area contributed by atoms with Crippen LogP contribution in [-0.2, 0) is 0 Å². The number of carbonyl (C=O) groups excluding carboxylic acids is 2. The molecule has 2 amide bonds. The second kappa shape index (κ2) is 10.7. The zero-order chi connectivity index (χ0) is 26.8. The fraction of sp³-hybridized carbons (Fsp3) is 0.583. The molecule has 0 saturated carbocycles. The molecule has 0 bridgehead atoms. The quantitative estimate of drug-likeness (QED) is 0.470. The van der Waals surface area contributed by atoms with Gasteiger partial charge in [0.2, 0.25) is 0 Å². The maximum atomic E-state index is 13.4. The van der Waals surface area contributed by atoms with Gasteiger partial charge < -0.3 is 20.6 Å². The van der Waals surface area contributed by atoms with Gasteiger partial charge in [-0.05, 0) is 58.6 Å². The molecule has 1 aliphatic rings. The van der Waals surface area contributed by atoms with Crippen molar-refractivity contribution in [3.8, 4) is 10.4 Å². The SMILES string of the molecule is CC[C@H](Nc1cc(C)c(-c2sc(C(=O)NCC(C)(C)O)nc2C(=O)N2CCC[C@@H]2C)cn1)C(F)(F)F. The molecule has 1 saturated heterocycles. The van der Waals surface area contributed by atoms with Crippen LogP contribution in [0.5, 0.6) is 0 Å². The number of halogens is 3. The van der Waals surface area contributed by atoms with Gasteiger partial charge in [-0.25, -0.2) is 9.97 Å². The van der Waals surface area contributed by atoms with Crippen molar-refractivity contribution in [2.24, 2.45) is 0 Å². The molecule has 0 aliphatic carbocycles. The van der Waals surface area contributed by atoms with Crippen LogP contribution in [0.4, 0.5) is 19.0 Å². The number of hydrogen-bond donors (Lipinski definition) is 3. The van der Waals surface area contributed by atoms with Crippen LogP contribution >= 0.6 is 11.3 Å². The highest BCUT2D eigenvalue weighted by Gasteiger charge is 2.38. The van der Waals surface area contributed by atoms with Crippen molar-refractivity contribution in [1.82, 2.24) is 20.2 Å². The Bertz CT molecular complexity index is 1110. The van der Waals surface area contributed by atoms with Gasteiger partial charge in [0.25, 0.3) is 11.8 Å². The molecular weight excluding hydrogens is 495 g/mol. The smallest absolute Gasteiger partial charge is 0.389 e. The lowest BCUT2D eigenvalue weighted by molar-refractivity contribution is -0.142. The van der Waals surface area contributed by atoms with Gasteiger partial charge in [0.1, 0.15) is 17.6 Å². The first-order valence-corrected chi connectivity index (χ1v) is 12.7. The van der Waals surface area contributed by atoms with Crippen LogP contribution in [0.1, 0.15) is 72.8 Å². The fourth-order valence-corrected chi connectivity index (χ4v) is 5.00. The van der Waals surface area contributed by atoms with Gasteiger partial charge in [-0.1, -0.05) is 6.92 Å². The van der Waals surface area contributed by atoms with Crippen LogP contribution in [0, 0.1) is 6.92 Å². The minimum atomic E-state index is -4.42. The summed E-state index contributed by atoms with van der Waals surface area (Å²) in [6.07, 6.45) is -1.45. The van der Waals surface area contributed by atoms with Crippen molar-refractivity contribution < 1.29 is 27.9 Å². The van der Waals surface area contributed by atoms with Crippen molar-refractivity contribution in [3.63, 3.8) is 0 Å². The summed E-state index contributed by atoms with van der Waals surface area (Å²) < 4.78 is 39.6. The van der Waals surface area contributed by atoms with Crippen molar-refractivity contribution >= 4 is 29.0 Å². The maximum Gasteiger partial charge on any atom is 0.408 e. The number of nitrogens with one attached hydrogen (secondary N) is 2. The number of aliphatic hydroxyl groups is 1. The second-order valence-corrected chi connectivity index (χ2v) is 10.7. The molecule has 2 aromatic heterocycles. The van der Waals surface area contributed by atoms with Crippen molar-refractivity contribution in [2.45, 2.75) is 77.7 Å². The summed E-state index contributed by atoms with van der Waals surface area (Å²) in [5, 5.41) is 15.0. The average molecular weight is 528 g/mol. The summed E-state index contributed by atoms with van der Waals surface area (Å²) >= 11 is 1.01. The van der Waals surface area contributed by atoms with E-state index in [1.807, 2.05) is 6.92 Å². The zero-order valence-corrected chi connectivity index (χ0v) is 21.8. The Hall–Kier alpha value is -2.73. The highest BCUT2D eigenvalue weighted by atomic mass is 32.1. The van der Waals surface area contributed by atoms with E-state index in [0.29, 0.717) is 22.5 Å². The van der Waals surface area contributed by atoms with Crippen LogP contribution in [0.15, 0.2) is 12.3 Å². The number of likely N-dealkylation sites (tertiary alicyclic amines) is 1. The van der Waals surface area contributed by atoms with Crippen LogP contribution in [0.2, 0.25) is 0 Å². The van der Waals surface area contributed by atoms with Crippen LogP contribution < -0.4 is 10.6 Å². The lowest BCUT2D eigenvalue weighted by atomic mass is 10.1. The fourth-order valence-electron chi connectivity index (χ4n) is 3.95. The van der Waals surface area contributed by atoms with Gasteiger partial charge >= 0.3 is 6.18 Å². The van der Waals surface area contributed by atoms with Crippen molar-refractivity contribution in [2.75, 3.05) is 18.4 Å². The van der Waals surface area contributed by atoms with Crippen molar-refractivity contribution in [3.05, 3.63) is 28.5 Å². The van der Waals surface area contributed by atoms with E-state index in [2.05, 4.69) is 20.6 Å². The van der Waals surface area contributed by atoms with Gasteiger partial charge in [0.05, 0.1) is 10.5 Å². The van der Waals surface area contributed by atoms with E-state index in [4.69, 9.17) is 0 Å². The van der Waals surface area contributed by atoms with Crippen molar-refractivity contribution in [1.29, 1.82) is 0 Å². The van der Waals surface area contributed by atoms with E-state index >= 15 is 0 Å². The van der Waals surface area contributed by atoms with E-state index in [0.717, 1.165) is 24.2 Å². The number of hydrogen-bond acceptors (Lipinski definition) is 7. The van der Waals surface area contributed by atoms with Gasteiger partial charge in [0.15, 0.2) is 5.01 Å². The van der Waals surface area contributed by atoms with E-state index in [1.165, 1.54) is 19.2 Å². The first-order chi connectivity index (χ1) is 16.7. The van der Waals surface area contributed by atoms with E-state index in [9.17, 15) is 27.9 Å². The summed E-state index contributed by atoms with van der Waals surface area (Å²) in [6, 6.07) is -0.221. The Balaban J connectivity index is 1.98. The normalized spacial score (nSPS) is 17.2. The molecule has 1 fully saturated rings. The second-order valence-electron chi connectivity index (χ2n) is 9.71. The van der Waals surface area contributed by atoms with Crippen LogP contribution in [-0.4, -0.2) is 68.7 Å². The predicted octanol–water partition coefficient (Wildman–Crippen LogP) is 4.39. The number of aryl methyl sites for hydroxylation is 1. The van der Waals surface area contributed by atoms with Crippen LogP contribution in [0.25, 0.3) is 10.4 Å². The van der Waals surface area contributed by atoms with Crippen LogP contribution in [0.3, 0.4) is 0 Å².